The quantitative estimate of drug-likeness (QED) is 0.478. The van der Waals surface area contributed by atoms with Crippen molar-refractivity contribution in [3.05, 3.63) is 37.3 Å². The van der Waals surface area contributed by atoms with Crippen LogP contribution >= 0.6 is 27.5 Å². The zero-order valence-electron chi connectivity index (χ0n) is 7.49. The van der Waals surface area contributed by atoms with Crippen LogP contribution in [0.5, 0.6) is 0 Å². The first-order chi connectivity index (χ1) is 6.99. The fourth-order valence-corrected chi connectivity index (χ4v) is 1.64. The zero-order valence-corrected chi connectivity index (χ0v) is 9.83. The van der Waals surface area contributed by atoms with Gasteiger partial charge in [0, 0.05) is 6.07 Å². The van der Waals surface area contributed by atoms with Gasteiger partial charge in [-0.05, 0) is 22.0 Å². The Morgan fingerprint density at radius 1 is 1.60 bits per heavy atom. The minimum atomic E-state index is -0.809. The zero-order chi connectivity index (χ0) is 11.6. The van der Waals surface area contributed by atoms with Gasteiger partial charge < -0.3 is 4.74 Å². The van der Waals surface area contributed by atoms with E-state index in [2.05, 4.69) is 20.7 Å². The predicted molar refractivity (Wildman–Crippen MR) is 57.1 cm³/mol. The van der Waals surface area contributed by atoms with Crippen LogP contribution in [0.3, 0.4) is 0 Å². The second-order valence-electron chi connectivity index (χ2n) is 2.50. The molecule has 0 aliphatic carbocycles. The number of halogens is 2. The van der Waals surface area contributed by atoms with E-state index in [-0.39, 0.29) is 20.7 Å². The molecule has 0 saturated carbocycles. The molecule has 80 valence electrons. The second-order valence-corrected chi connectivity index (χ2v) is 3.70. The van der Waals surface area contributed by atoms with E-state index in [1.807, 2.05) is 0 Å². The molecule has 0 fully saturated rings. The van der Waals surface area contributed by atoms with Gasteiger partial charge in [-0.25, -0.2) is 4.79 Å². The third-order valence-electron chi connectivity index (χ3n) is 1.66. The topological polar surface area (TPSA) is 69.4 Å². The summed E-state index contributed by atoms with van der Waals surface area (Å²) in [6.45, 7) is 0. The summed E-state index contributed by atoms with van der Waals surface area (Å²) in [6, 6.07) is 2.48. The van der Waals surface area contributed by atoms with E-state index in [4.69, 9.17) is 11.6 Å². The largest absolute Gasteiger partial charge is 0.465 e. The maximum Gasteiger partial charge on any atom is 0.346 e. The molecule has 7 heteroatoms. The highest BCUT2D eigenvalue weighted by Gasteiger charge is 2.25. The number of carbonyl (C=O) groups is 1. The van der Waals surface area contributed by atoms with Crippen molar-refractivity contribution in [3.63, 3.8) is 0 Å². The first-order valence-corrected chi connectivity index (χ1v) is 4.86. The highest BCUT2D eigenvalue weighted by molar-refractivity contribution is 9.10. The molecule has 15 heavy (non-hydrogen) atoms. The van der Waals surface area contributed by atoms with E-state index in [0.29, 0.717) is 0 Å². The number of benzene rings is 1. The van der Waals surface area contributed by atoms with Gasteiger partial charge in [-0.15, -0.1) is 0 Å². The van der Waals surface area contributed by atoms with Gasteiger partial charge in [0.05, 0.1) is 21.5 Å². The van der Waals surface area contributed by atoms with Crippen LogP contribution in [0.15, 0.2) is 16.6 Å². The molecule has 0 saturated heterocycles. The summed E-state index contributed by atoms with van der Waals surface area (Å²) in [4.78, 5) is 21.3. The average Bonchev–Trinajstić information content (AvgIpc) is 2.20. The Hall–Kier alpha value is -1.14. The van der Waals surface area contributed by atoms with Crippen LogP contribution in [0, 0.1) is 10.1 Å². The Bertz CT molecular complexity index is 435. The summed E-state index contributed by atoms with van der Waals surface area (Å²) in [5.41, 5.74) is -0.534. The van der Waals surface area contributed by atoms with Crippen molar-refractivity contribution in [3.8, 4) is 0 Å². The SMILES string of the molecule is COC(=O)c1c([N+](=O)[O-])ccc(Cl)c1Br. The summed E-state index contributed by atoms with van der Waals surface area (Å²) < 4.78 is 4.59. The maximum atomic E-state index is 11.3. The highest BCUT2D eigenvalue weighted by atomic mass is 79.9. The van der Waals surface area contributed by atoms with Gasteiger partial charge >= 0.3 is 5.97 Å². The van der Waals surface area contributed by atoms with Crippen LogP contribution in [0.1, 0.15) is 10.4 Å². The molecule has 0 N–H and O–H groups in total. The molecule has 0 bridgehead atoms. The van der Waals surface area contributed by atoms with E-state index in [9.17, 15) is 14.9 Å². The standard InChI is InChI=1S/C8H5BrClNO4/c1-15-8(12)6-5(11(13)14)3-2-4(10)7(6)9/h2-3H,1H3. The van der Waals surface area contributed by atoms with Crippen LogP contribution in [0.25, 0.3) is 0 Å². The molecule has 0 unspecified atom stereocenters. The number of methoxy groups -OCH3 is 1. The Morgan fingerprint density at radius 2 is 2.20 bits per heavy atom. The van der Waals surface area contributed by atoms with Gasteiger partial charge in [0.1, 0.15) is 0 Å². The number of nitro benzene ring substituents is 1. The van der Waals surface area contributed by atoms with Gasteiger partial charge in [-0.3, -0.25) is 10.1 Å². The lowest BCUT2D eigenvalue weighted by molar-refractivity contribution is -0.385. The van der Waals surface area contributed by atoms with Gasteiger partial charge in [-0.1, -0.05) is 11.6 Å². The number of nitro groups is 1. The fraction of sp³-hybridized carbons (Fsp3) is 0.125. The highest BCUT2D eigenvalue weighted by Crippen LogP contribution is 2.33. The Labute approximate surface area is 98.3 Å². The molecule has 0 aliphatic rings. The number of hydrogen-bond donors (Lipinski definition) is 0. The number of esters is 1. The molecule has 1 aromatic rings. The fourth-order valence-electron chi connectivity index (χ4n) is 0.989. The predicted octanol–water partition coefficient (Wildman–Crippen LogP) is 2.80. The van der Waals surface area contributed by atoms with Crippen molar-refractivity contribution < 1.29 is 14.5 Å². The number of rotatable bonds is 2. The lowest BCUT2D eigenvalue weighted by Gasteiger charge is -2.04. The van der Waals surface area contributed by atoms with Crippen molar-refractivity contribution in [1.82, 2.24) is 0 Å². The van der Waals surface area contributed by atoms with Crippen LogP contribution in [0.4, 0.5) is 5.69 Å². The first kappa shape index (κ1) is 11.9. The Kier molecular flexibility index (Phi) is 3.65. The Morgan fingerprint density at radius 3 is 2.67 bits per heavy atom. The Balaban J connectivity index is 3.48. The smallest absolute Gasteiger partial charge is 0.346 e. The normalized spacial score (nSPS) is 9.80. The van der Waals surface area contributed by atoms with Crippen LogP contribution < -0.4 is 0 Å². The molecule has 0 aliphatic heterocycles. The van der Waals surface area contributed by atoms with Crippen molar-refractivity contribution in [1.29, 1.82) is 0 Å². The van der Waals surface area contributed by atoms with Crippen molar-refractivity contribution >= 4 is 39.2 Å². The van der Waals surface area contributed by atoms with Crippen LogP contribution in [-0.4, -0.2) is 18.0 Å². The van der Waals surface area contributed by atoms with Crippen molar-refractivity contribution in [2.75, 3.05) is 7.11 Å². The lowest BCUT2D eigenvalue weighted by atomic mass is 10.2. The molecule has 0 heterocycles. The minimum absolute atomic E-state index is 0.158. The van der Waals surface area contributed by atoms with Crippen LogP contribution in [0.2, 0.25) is 5.02 Å². The molecule has 0 radical (unpaired) electrons. The number of hydrogen-bond acceptors (Lipinski definition) is 4. The second kappa shape index (κ2) is 4.59. The summed E-state index contributed by atoms with van der Waals surface area (Å²) in [5.74, 6) is -0.809. The minimum Gasteiger partial charge on any atom is -0.465 e. The lowest BCUT2D eigenvalue weighted by Crippen LogP contribution is -2.06. The summed E-state index contributed by atoms with van der Waals surface area (Å²) in [7, 11) is 1.14. The van der Waals surface area contributed by atoms with Gasteiger partial charge in [0.25, 0.3) is 5.69 Å². The molecular formula is C8H5BrClNO4. The molecule has 1 aromatic carbocycles. The number of carbonyl (C=O) groups excluding carboxylic acids is 1. The van der Waals surface area contributed by atoms with E-state index in [1.165, 1.54) is 6.07 Å². The summed E-state index contributed by atoms with van der Waals surface area (Å²) in [5, 5.41) is 10.8. The third kappa shape index (κ3) is 2.27. The number of ether oxygens (including phenoxy) is 1. The molecular weight excluding hydrogens is 289 g/mol. The molecule has 0 amide bonds. The molecule has 5 nitrogen and oxygen atoms in total. The van der Waals surface area contributed by atoms with Crippen molar-refractivity contribution in [2.24, 2.45) is 0 Å². The first-order valence-electron chi connectivity index (χ1n) is 3.69. The third-order valence-corrected chi connectivity index (χ3v) is 3.03. The van der Waals surface area contributed by atoms with E-state index in [0.717, 1.165) is 13.2 Å². The molecule has 0 spiro atoms. The van der Waals surface area contributed by atoms with Gasteiger partial charge in [-0.2, -0.15) is 0 Å². The molecule has 1 rings (SSSR count). The summed E-state index contributed by atoms with van der Waals surface area (Å²) >= 11 is 8.72. The summed E-state index contributed by atoms with van der Waals surface area (Å²) in [6.07, 6.45) is 0. The van der Waals surface area contributed by atoms with E-state index < -0.39 is 10.9 Å². The van der Waals surface area contributed by atoms with Crippen molar-refractivity contribution in [2.45, 2.75) is 0 Å². The monoisotopic (exact) mass is 293 g/mol. The molecule has 0 aromatic heterocycles. The maximum absolute atomic E-state index is 11.3. The average molecular weight is 294 g/mol. The molecule has 0 atom stereocenters. The van der Waals surface area contributed by atoms with E-state index >= 15 is 0 Å². The van der Waals surface area contributed by atoms with E-state index in [1.54, 1.807) is 0 Å². The van der Waals surface area contributed by atoms with Crippen LogP contribution in [-0.2, 0) is 4.74 Å². The van der Waals surface area contributed by atoms with Gasteiger partial charge in [0.15, 0.2) is 5.56 Å². The van der Waals surface area contributed by atoms with Gasteiger partial charge in [0.2, 0.25) is 0 Å². The number of nitrogens with zero attached hydrogens (tertiary/aromatic N) is 1.